The highest BCUT2D eigenvalue weighted by Crippen LogP contribution is 2.40. The van der Waals surface area contributed by atoms with Gasteiger partial charge in [0.2, 0.25) is 0 Å². The molecule has 1 aliphatic heterocycles. The van der Waals surface area contributed by atoms with Crippen molar-refractivity contribution in [3.8, 4) is 0 Å². The fourth-order valence-electron chi connectivity index (χ4n) is 4.19. The van der Waals surface area contributed by atoms with E-state index in [4.69, 9.17) is 0 Å². The summed E-state index contributed by atoms with van der Waals surface area (Å²) in [5.41, 5.74) is 3.24. The molecule has 1 saturated heterocycles. The van der Waals surface area contributed by atoms with Crippen molar-refractivity contribution in [1.82, 2.24) is 10.2 Å². The van der Waals surface area contributed by atoms with Gasteiger partial charge in [-0.05, 0) is 35.3 Å². The maximum absolute atomic E-state index is 3.50. The highest BCUT2D eigenvalue weighted by atomic mass is 15.2. The SMILES string of the molecule is CC(C)(C)c1ccc([C@H](C2CCCC2)N2CCNCC2)cc1. The Bertz CT molecular complexity index is 459. The van der Waals surface area contributed by atoms with E-state index in [0.717, 1.165) is 19.0 Å². The molecule has 3 rings (SSSR count). The zero-order chi connectivity index (χ0) is 15.6. The second-order valence-corrected chi connectivity index (χ2v) is 8.15. The molecule has 0 radical (unpaired) electrons. The van der Waals surface area contributed by atoms with Gasteiger partial charge in [-0.2, -0.15) is 0 Å². The molecule has 2 fully saturated rings. The Morgan fingerprint density at radius 1 is 1.00 bits per heavy atom. The zero-order valence-electron chi connectivity index (χ0n) is 14.6. The Hall–Kier alpha value is -0.860. The van der Waals surface area contributed by atoms with E-state index in [-0.39, 0.29) is 5.41 Å². The summed E-state index contributed by atoms with van der Waals surface area (Å²) >= 11 is 0. The molecule has 1 aromatic carbocycles. The molecular weight excluding hydrogens is 268 g/mol. The Morgan fingerprint density at radius 2 is 1.59 bits per heavy atom. The summed E-state index contributed by atoms with van der Waals surface area (Å²) in [6.07, 6.45) is 5.67. The quantitative estimate of drug-likeness (QED) is 0.903. The largest absolute Gasteiger partial charge is 0.314 e. The Kier molecular flexibility index (Phi) is 4.89. The Labute approximate surface area is 136 Å². The van der Waals surface area contributed by atoms with Crippen molar-refractivity contribution in [1.29, 1.82) is 0 Å². The van der Waals surface area contributed by atoms with E-state index >= 15 is 0 Å². The maximum atomic E-state index is 3.50. The van der Waals surface area contributed by atoms with E-state index in [1.54, 1.807) is 5.56 Å². The molecule has 1 N–H and O–H groups in total. The minimum atomic E-state index is 0.246. The first kappa shape index (κ1) is 16.0. The Balaban J connectivity index is 1.84. The predicted octanol–water partition coefficient (Wildman–Crippen LogP) is 4.12. The van der Waals surface area contributed by atoms with Gasteiger partial charge in [0.1, 0.15) is 0 Å². The first-order chi connectivity index (χ1) is 10.6. The maximum Gasteiger partial charge on any atom is 0.0377 e. The van der Waals surface area contributed by atoms with E-state index in [9.17, 15) is 0 Å². The molecule has 22 heavy (non-hydrogen) atoms. The molecule has 1 atom stereocenters. The van der Waals surface area contributed by atoms with Gasteiger partial charge in [-0.25, -0.2) is 0 Å². The van der Waals surface area contributed by atoms with Gasteiger partial charge in [-0.1, -0.05) is 57.9 Å². The van der Waals surface area contributed by atoms with Crippen LogP contribution in [0.3, 0.4) is 0 Å². The number of nitrogens with one attached hydrogen (secondary N) is 1. The standard InChI is InChI=1S/C20H32N2/c1-20(2,3)18-10-8-17(9-11-18)19(16-6-4-5-7-16)22-14-12-21-13-15-22/h8-11,16,19,21H,4-7,12-15H2,1-3H3/t19-/m0/s1. The summed E-state index contributed by atoms with van der Waals surface area (Å²) in [5.74, 6) is 0.860. The molecule has 0 spiro atoms. The summed E-state index contributed by atoms with van der Waals surface area (Å²) in [4.78, 5) is 2.73. The van der Waals surface area contributed by atoms with Crippen LogP contribution in [0.5, 0.6) is 0 Å². The van der Waals surface area contributed by atoms with Crippen LogP contribution in [0.4, 0.5) is 0 Å². The fourth-order valence-corrected chi connectivity index (χ4v) is 4.19. The average Bonchev–Trinajstić information content (AvgIpc) is 3.02. The highest BCUT2D eigenvalue weighted by Gasteiger charge is 2.31. The lowest BCUT2D eigenvalue weighted by Crippen LogP contribution is -2.46. The second-order valence-electron chi connectivity index (χ2n) is 8.15. The summed E-state index contributed by atoms with van der Waals surface area (Å²) in [7, 11) is 0. The van der Waals surface area contributed by atoms with Gasteiger partial charge in [-0.15, -0.1) is 0 Å². The summed E-state index contributed by atoms with van der Waals surface area (Å²) in [6, 6.07) is 10.2. The van der Waals surface area contributed by atoms with Crippen molar-refractivity contribution in [2.24, 2.45) is 5.92 Å². The van der Waals surface area contributed by atoms with Crippen LogP contribution in [0.25, 0.3) is 0 Å². The molecule has 1 saturated carbocycles. The van der Waals surface area contributed by atoms with Gasteiger partial charge < -0.3 is 5.32 Å². The summed E-state index contributed by atoms with van der Waals surface area (Å²) < 4.78 is 0. The van der Waals surface area contributed by atoms with E-state index in [0.29, 0.717) is 6.04 Å². The lowest BCUT2D eigenvalue weighted by atomic mass is 9.84. The number of piperazine rings is 1. The van der Waals surface area contributed by atoms with Crippen molar-refractivity contribution in [3.05, 3.63) is 35.4 Å². The lowest BCUT2D eigenvalue weighted by Gasteiger charge is -2.39. The minimum absolute atomic E-state index is 0.246. The lowest BCUT2D eigenvalue weighted by molar-refractivity contribution is 0.125. The normalized spacial score (nSPS) is 22.9. The van der Waals surface area contributed by atoms with Gasteiger partial charge >= 0.3 is 0 Å². The number of benzene rings is 1. The van der Waals surface area contributed by atoms with Crippen LogP contribution in [0.1, 0.15) is 63.6 Å². The zero-order valence-corrected chi connectivity index (χ0v) is 14.6. The molecule has 0 aromatic heterocycles. The highest BCUT2D eigenvalue weighted by molar-refractivity contribution is 5.30. The fraction of sp³-hybridized carbons (Fsp3) is 0.700. The number of nitrogens with zero attached hydrogens (tertiary/aromatic N) is 1. The molecule has 122 valence electrons. The Morgan fingerprint density at radius 3 is 2.14 bits per heavy atom. The van der Waals surface area contributed by atoms with Crippen LogP contribution in [0.15, 0.2) is 24.3 Å². The van der Waals surface area contributed by atoms with Crippen LogP contribution in [-0.2, 0) is 5.41 Å². The van der Waals surface area contributed by atoms with E-state index in [2.05, 4.69) is 55.3 Å². The smallest absolute Gasteiger partial charge is 0.0377 e. The van der Waals surface area contributed by atoms with E-state index in [1.807, 2.05) is 0 Å². The molecule has 0 unspecified atom stereocenters. The van der Waals surface area contributed by atoms with E-state index < -0.39 is 0 Å². The van der Waals surface area contributed by atoms with Crippen molar-refractivity contribution in [3.63, 3.8) is 0 Å². The first-order valence-corrected chi connectivity index (χ1v) is 9.11. The van der Waals surface area contributed by atoms with Crippen LogP contribution in [0, 0.1) is 5.92 Å². The number of rotatable bonds is 3. The second kappa shape index (κ2) is 6.72. The average molecular weight is 300 g/mol. The number of hydrogen-bond donors (Lipinski definition) is 1. The van der Waals surface area contributed by atoms with Crippen LogP contribution < -0.4 is 5.32 Å². The third kappa shape index (κ3) is 3.55. The van der Waals surface area contributed by atoms with Gasteiger partial charge in [0.05, 0.1) is 0 Å². The van der Waals surface area contributed by atoms with Crippen molar-refractivity contribution >= 4 is 0 Å². The summed E-state index contributed by atoms with van der Waals surface area (Å²) in [6.45, 7) is 11.6. The molecule has 0 amide bonds. The minimum Gasteiger partial charge on any atom is -0.314 e. The van der Waals surface area contributed by atoms with Crippen molar-refractivity contribution in [2.75, 3.05) is 26.2 Å². The van der Waals surface area contributed by atoms with Gasteiger partial charge in [0, 0.05) is 32.2 Å². The monoisotopic (exact) mass is 300 g/mol. The topological polar surface area (TPSA) is 15.3 Å². The third-order valence-electron chi connectivity index (χ3n) is 5.51. The molecule has 1 aromatic rings. The van der Waals surface area contributed by atoms with Gasteiger partial charge in [-0.3, -0.25) is 4.90 Å². The predicted molar refractivity (Wildman–Crippen MR) is 94.3 cm³/mol. The molecular formula is C20H32N2. The van der Waals surface area contributed by atoms with Crippen molar-refractivity contribution in [2.45, 2.75) is 57.9 Å². The third-order valence-corrected chi connectivity index (χ3v) is 5.51. The molecule has 1 aliphatic carbocycles. The van der Waals surface area contributed by atoms with E-state index in [1.165, 1.54) is 44.3 Å². The van der Waals surface area contributed by atoms with Crippen molar-refractivity contribution < 1.29 is 0 Å². The molecule has 2 nitrogen and oxygen atoms in total. The molecule has 2 aliphatic rings. The van der Waals surface area contributed by atoms with Gasteiger partial charge in [0.15, 0.2) is 0 Å². The van der Waals surface area contributed by atoms with Gasteiger partial charge in [0.25, 0.3) is 0 Å². The van der Waals surface area contributed by atoms with Crippen LogP contribution in [-0.4, -0.2) is 31.1 Å². The summed E-state index contributed by atoms with van der Waals surface area (Å²) in [5, 5.41) is 3.50. The molecule has 2 heteroatoms. The first-order valence-electron chi connectivity index (χ1n) is 9.11. The molecule has 1 heterocycles. The number of hydrogen-bond acceptors (Lipinski definition) is 2. The van der Waals surface area contributed by atoms with Crippen LogP contribution >= 0.6 is 0 Å². The van der Waals surface area contributed by atoms with Crippen LogP contribution in [0.2, 0.25) is 0 Å². The molecule has 0 bridgehead atoms.